The average molecular weight is 357 g/mol. The lowest BCUT2D eigenvalue weighted by atomic mass is 10.1. The molecule has 2 aromatic carbocycles. The zero-order valence-corrected chi connectivity index (χ0v) is 15.5. The fourth-order valence-corrected chi connectivity index (χ4v) is 3.88. The third-order valence-corrected chi connectivity index (χ3v) is 5.40. The lowest BCUT2D eigenvalue weighted by Gasteiger charge is -2.23. The number of nitrogens with zero attached hydrogens (tertiary/aromatic N) is 2. The molecular weight excluding hydrogens is 334 g/mol. The van der Waals surface area contributed by atoms with Crippen molar-refractivity contribution in [3.8, 4) is 0 Å². The summed E-state index contributed by atoms with van der Waals surface area (Å²) in [5.74, 6) is 0.398. The predicted octanol–water partition coefficient (Wildman–Crippen LogP) is 2.92. The highest BCUT2D eigenvalue weighted by atomic mass is 32.2. The van der Waals surface area contributed by atoms with Crippen LogP contribution < -0.4 is 4.72 Å². The Morgan fingerprint density at radius 2 is 1.72 bits per heavy atom. The van der Waals surface area contributed by atoms with E-state index in [1.54, 1.807) is 24.3 Å². The summed E-state index contributed by atoms with van der Waals surface area (Å²) in [5, 5.41) is 0. The molecule has 132 valence electrons. The van der Waals surface area contributed by atoms with Crippen LogP contribution in [0.3, 0.4) is 0 Å². The maximum atomic E-state index is 12.7. The zero-order chi connectivity index (χ0) is 18.1. The molecule has 0 radical (unpaired) electrons. The molecule has 0 unspecified atom stereocenters. The van der Waals surface area contributed by atoms with Crippen molar-refractivity contribution in [2.75, 3.05) is 6.54 Å². The Hall–Kier alpha value is -2.34. The van der Waals surface area contributed by atoms with E-state index in [4.69, 9.17) is 0 Å². The molecule has 25 heavy (non-hydrogen) atoms. The number of nitrogens with one attached hydrogen (secondary N) is 1. The minimum Gasteiger partial charge on any atom is -0.335 e. The Labute approximate surface area is 149 Å². The van der Waals surface area contributed by atoms with Gasteiger partial charge in [0.2, 0.25) is 5.96 Å². The second-order valence-electron chi connectivity index (χ2n) is 7.01. The van der Waals surface area contributed by atoms with E-state index in [0.717, 1.165) is 11.1 Å². The number of rotatable bonds is 4. The highest BCUT2D eigenvalue weighted by Gasteiger charge is 2.33. The summed E-state index contributed by atoms with van der Waals surface area (Å²) in [6, 6.07) is 16.8. The summed E-state index contributed by atoms with van der Waals surface area (Å²) in [6.45, 7) is 7.19. The van der Waals surface area contributed by atoms with Crippen LogP contribution in [0, 0.1) is 6.92 Å². The number of sulfonamides is 1. The van der Waals surface area contributed by atoms with Gasteiger partial charge in [-0.2, -0.15) is 0 Å². The first-order valence-corrected chi connectivity index (χ1v) is 9.72. The van der Waals surface area contributed by atoms with Gasteiger partial charge in [-0.15, -0.1) is 0 Å². The number of benzene rings is 2. The molecule has 0 atom stereocenters. The van der Waals surface area contributed by atoms with Crippen molar-refractivity contribution in [3.05, 3.63) is 65.7 Å². The van der Waals surface area contributed by atoms with Crippen molar-refractivity contribution in [1.82, 2.24) is 9.62 Å². The Kier molecular flexibility index (Phi) is 4.56. The van der Waals surface area contributed by atoms with Crippen molar-refractivity contribution < 1.29 is 8.42 Å². The second-order valence-corrected chi connectivity index (χ2v) is 8.69. The topological polar surface area (TPSA) is 61.8 Å². The molecule has 0 fully saturated rings. The molecule has 1 aliphatic heterocycles. The molecule has 0 saturated carbocycles. The molecule has 6 heteroatoms. The fourth-order valence-electron chi connectivity index (χ4n) is 2.85. The van der Waals surface area contributed by atoms with Crippen molar-refractivity contribution in [1.29, 1.82) is 0 Å². The highest BCUT2D eigenvalue weighted by molar-refractivity contribution is 7.90. The van der Waals surface area contributed by atoms with E-state index in [9.17, 15) is 8.42 Å². The van der Waals surface area contributed by atoms with Gasteiger partial charge in [-0.3, -0.25) is 0 Å². The van der Waals surface area contributed by atoms with E-state index >= 15 is 0 Å². The number of hydrogen-bond acceptors (Lipinski definition) is 4. The molecular formula is C19H23N3O2S. The highest BCUT2D eigenvalue weighted by Crippen LogP contribution is 2.22. The van der Waals surface area contributed by atoms with Gasteiger partial charge in [0.05, 0.1) is 10.4 Å². The number of guanidine groups is 1. The molecule has 0 amide bonds. The van der Waals surface area contributed by atoms with Crippen molar-refractivity contribution in [2.24, 2.45) is 4.99 Å². The minimum atomic E-state index is -3.66. The van der Waals surface area contributed by atoms with E-state index in [2.05, 4.69) is 9.71 Å². The van der Waals surface area contributed by atoms with E-state index in [1.807, 2.05) is 56.0 Å². The normalized spacial score (nSPS) is 16.6. The van der Waals surface area contributed by atoms with Crippen LogP contribution in [0.5, 0.6) is 0 Å². The fraction of sp³-hybridized carbons (Fsp3) is 0.316. The molecule has 0 spiro atoms. The summed E-state index contributed by atoms with van der Waals surface area (Å²) in [6.07, 6.45) is 0. The SMILES string of the molecule is Cc1ccc(S(=O)(=O)NC2=NC(C)(C)CN2Cc2ccccc2)cc1. The summed E-state index contributed by atoms with van der Waals surface area (Å²) in [4.78, 5) is 6.79. The first kappa shape index (κ1) is 17.5. The molecule has 1 N–H and O–H groups in total. The van der Waals surface area contributed by atoms with Gasteiger partial charge in [0.25, 0.3) is 10.0 Å². The molecule has 0 bridgehead atoms. The van der Waals surface area contributed by atoms with Gasteiger partial charge >= 0.3 is 0 Å². The second kappa shape index (κ2) is 6.52. The van der Waals surface area contributed by atoms with Crippen LogP contribution in [0.25, 0.3) is 0 Å². The molecule has 1 heterocycles. The summed E-state index contributed by atoms with van der Waals surface area (Å²) in [7, 11) is -3.66. The lowest BCUT2D eigenvalue weighted by Crippen LogP contribution is -2.41. The average Bonchev–Trinajstić information content (AvgIpc) is 2.81. The summed E-state index contributed by atoms with van der Waals surface area (Å²) < 4.78 is 28.0. The van der Waals surface area contributed by atoms with Crippen LogP contribution in [-0.4, -0.2) is 31.4 Å². The van der Waals surface area contributed by atoms with E-state index < -0.39 is 10.0 Å². The van der Waals surface area contributed by atoms with Gasteiger partial charge in [0.1, 0.15) is 0 Å². The van der Waals surface area contributed by atoms with E-state index in [1.165, 1.54) is 0 Å². The third kappa shape index (κ3) is 4.20. The van der Waals surface area contributed by atoms with Gasteiger partial charge < -0.3 is 4.90 Å². The summed E-state index contributed by atoms with van der Waals surface area (Å²) in [5.41, 5.74) is 1.80. The first-order valence-electron chi connectivity index (χ1n) is 8.23. The Bertz CT molecular complexity index is 873. The number of aliphatic imine (C=N–C) groups is 1. The van der Waals surface area contributed by atoms with Crippen molar-refractivity contribution in [2.45, 2.75) is 37.8 Å². The lowest BCUT2D eigenvalue weighted by molar-refractivity contribution is 0.366. The van der Waals surface area contributed by atoms with Crippen molar-refractivity contribution >= 4 is 16.0 Å². The van der Waals surface area contributed by atoms with Crippen LogP contribution in [-0.2, 0) is 16.6 Å². The molecule has 3 rings (SSSR count). The van der Waals surface area contributed by atoms with Crippen LogP contribution in [0.4, 0.5) is 0 Å². The monoisotopic (exact) mass is 357 g/mol. The van der Waals surface area contributed by atoms with Crippen LogP contribution in [0.2, 0.25) is 0 Å². The maximum absolute atomic E-state index is 12.7. The molecule has 0 saturated heterocycles. The van der Waals surface area contributed by atoms with Gasteiger partial charge in [-0.05, 0) is 38.5 Å². The summed E-state index contributed by atoms with van der Waals surface area (Å²) >= 11 is 0. The standard InChI is InChI=1S/C19H23N3O2S/c1-15-9-11-17(12-10-15)25(23,24)21-18-20-19(2,3)14-22(18)13-16-7-5-4-6-8-16/h4-12H,13-14H2,1-3H3,(H,20,21). The maximum Gasteiger partial charge on any atom is 0.264 e. The van der Waals surface area contributed by atoms with Crippen LogP contribution in [0.1, 0.15) is 25.0 Å². The smallest absolute Gasteiger partial charge is 0.264 e. The predicted molar refractivity (Wildman–Crippen MR) is 99.9 cm³/mol. The molecule has 5 nitrogen and oxygen atoms in total. The first-order chi connectivity index (χ1) is 11.8. The minimum absolute atomic E-state index is 0.241. The van der Waals surface area contributed by atoms with E-state index in [-0.39, 0.29) is 10.4 Å². The Morgan fingerprint density at radius 1 is 1.08 bits per heavy atom. The third-order valence-electron chi connectivity index (χ3n) is 4.06. The largest absolute Gasteiger partial charge is 0.335 e. The Balaban J connectivity index is 1.84. The number of aryl methyl sites for hydroxylation is 1. The Morgan fingerprint density at radius 3 is 2.36 bits per heavy atom. The van der Waals surface area contributed by atoms with Gasteiger partial charge in [-0.25, -0.2) is 18.1 Å². The number of hydrogen-bond donors (Lipinski definition) is 1. The van der Waals surface area contributed by atoms with Crippen LogP contribution >= 0.6 is 0 Å². The van der Waals surface area contributed by atoms with Gasteiger partial charge in [0, 0.05) is 13.1 Å². The molecule has 0 aliphatic carbocycles. The molecule has 2 aromatic rings. The molecule has 0 aromatic heterocycles. The van der Waals surface area contributed by atoms with Gasteiger partial charge in [0.15, 0.2) is 0 Å². The molecule has 1 aliphatic rings. The van der Waals surface area contributed by atoms with Gasteiger partial charge in [-0.1, -0.05) is 48.0 Å². The quantitative estimate of drug-likeness (QED) is 0.915. The van der Waals surface area contributed by atoms with E-state index in [0.29, 0.717) is 19.0 Å². The zero-order valence-electron chi connectivity index (χ0n) is 14.7. The van der Waals surface area contributed by atoms with Crippen LogP contribution in [0.15, 0.2) is 64.5 Å². The van der Waals surface area contributed by atoms with Crippen molar-refractivity contribution in [3.63, 3.8) is 0 Å².